The number of rotatable bonds is 8. The summed E-state index contributed by atoms with van der Waals surface area (Å²) in [6.07, 6.45) is -3.30. The number of ether oxygens (including phenoxy) is 1. The summed E-state index contributed by atoms with van der Waals surface area (Å²) in [7, 11) is -4.07. The Morgan fingerprint density at radius 2 is 1.76 bits per heavy atom. The molecule has 0 bridgehead atoms. The molecular weight excluding hydrogens is 466 g/mol. The number of alkyl halides is 3. The van der Waals surface area contributed by atoms with Gasteiger partial charge in [0.25, 0.3) is 15.9 Å². The molecule has 0 spiro atoms. The highest BCUT2D eigenvalue weighted by molar-refractivity contribution is 7.92. The summed E-state index contributed by atoms with van der Waals surface area (Å²) in [5.41, 5.74) is 0.338. The lowest BCUT2D eigenvalue weighted by atomic mass is 10.2. The van der Waals surface area contributed by atoms with Gasteiger partial charge in [-0.1, -0.05) is 12.1 Å². The van der Waals surface area contributed by atoms with E-state index in [9.17, 15) is 30.8 Å². The minimum Gasteiger partial charge on any atom is -0.468 e. The van der Waals surface area contributed by atoms with Crippen molar-refractivity contribution in [2.75, 3.05) is 11.3 Å². The first-order valence-corrected chi connectivity index (χ1v) is 10.8. The Hall–Kier alpha value is -3.67. The molecule has 3 rings (SSSR count). The molecule has 2 aromatic carbocycles. The molecule has 3 aromatic rings. The fraction of sp³-hybridized carbons (Fsp3) is 0.143. The fourth-order valence-electron chi connectivity index (χ4n) is 2.65. The average molecular weight is 483 g/mol. The van der Waals surface area contributed by atoms with Crippen LogP contribution in [-0.2, 0) is 16.6 Å². The van der Waals surface area contributed by atoms with E-state index in [0.717, 1.165) is 18.2 Å². The van der Waals surface area contributed by atoms with E-state index in [4.69, 9.17) is 0 Å². The number of nitrogens with one attached hydrogen (secondary N) is 2. The number of nitrogens with zero attached hydrogens (tertiary/aromatic N) is 1. The summed E-state index contributed by atoms with van der Waals surface area (Å²) in [5.74, 6) is -1.48. The maximum absolute atomic E-state index is 13.0. The van der Waals surface area contributed by atoms with Gasteiger partial charge in [-0.05, 0) is 48.5 Å². The van der Waals surface area contributed by atoms with Gasteiger partial charge in [-0.15, -0.1) is 0 Å². The van der Waals surface area contributed by atoms with Crippen LogP contribution in [0, 0.1) is 5.82 Å². The molecule has 33 heavy (non-hydrogen) atoms. The Kier molecular flexibility index (Phi) is 7.16. The molecule has 0 saturated heterocycles. The van der Waals surface area contributed by atoms with Crippen LogP contribution in [0.3, 0.4) is 0 Å². The van der Waals surface area contributed by atoms with Crippen molar-refractivity contribution in [2.45, 2.75) is 17.6 Å². The van der Waals surface area contributed by atoms with Crippen LogP contribution in [0.4, 0.5) is 23.2 Å². The van der Waals surface area contributed by atoms with Gasteiger partial charge in [-0.3, -0.25) is 9.52 Å². The summed E-state index contributed by atoms with van der Waals surface area (Å²) in [6, 6.07) is 12.7. The third-order valence-electron chi connectivity index (χ3n) is 4.16. The van der Waals surface area contributed by atoms with Crippen LogP contribution in [0.25, 0.3) is 0 Å². The number of benzene rings is 2. The third kappa shape index (κ3) is 6.91. The number of aromatic nitrogens is 1. The highest BCUT2D eigenvalue weighted by atomic mass is 32.2. The standard InChI is InChI=1S/C21H17F4N3O4S/c22-16-6-8-17(9-7-16)28-33(30,31)18-5-1-3-14(11-18)19(29)27-12-15-4-2-10-26-20(15)32-13-21(23,24)25/h1-11,28H,12-13H2,(H,27,29). The number of sulfonamides is 1. The molecule has 0 fully saturated rings. The molecule has 0 aliphatic heterocycles. The van der Waals surface area contributed by atoms with Crippen molar-refractivity contribution in [1.29, 1.82) is 0 Å². The van der Waals surface area contributed by atoms with Gasteiger partial charge in [-0.25, -0.2) is 17.8 Å². The Bertz CT molecular complexity index is 1230. The molecule has 12 heteroatoms. The van der Waals surface area contributed by atoms with E-state index in [0.29, 0.717) is 0 Å². The summed E-state index contributed by atoms with van der Waals surface area (Å²) >= 11 is 0. The molecule has 7 nitrogen and oxygen atoms in total. The van der Waals surface area contributed by atoms with E-state index in [-0.39, 0.29) is 34.1 Å². The average Bonchev–Trinajstić information content (AvgIpc) is 2.77. The zero-order valence-corrected chi connectivity index (χ0v) is 17.6. The number of pyridine rings is 1. The van der Waals surface area contributed by atoms with E-state index in [1.165, 1.54) is 48.7 Å². The minimum atomic E-state index is -4.55. The van der Waals surface area contributed by atoms with E-state index >= 15 is 0 Å². The summed E-state index contributed by atoms with van der Waals surface area (Å²) in [5, 5.41) is 2.49. The number of anilines is 1. The SMILES string of the molecule is O=C(NCc1cccnc1OCC(F)(F)F)c1cccc(S(=O)(=O)Nc2ccc(F)cc2)c1. The largest absolute Gasteiger partial charge is 0.468 e. The quantitative estimate of drug-likeness (QED) is 0.474. The van der Waals surface area contributed by atoms with Gasteiger partial charge in [0.15, 0.2) is 6.61 Å². The van der Waals surface area contributed by atoms with Crippen molar-refractivity contribution in [2.24, 2.45) is 0 Å². The predicted molar refractivity (Wildman–Crippen MR) is 111 cm³/mol. The fourth-order valence-corrected chi connectivity index (χ4v) is 3.76. The zero-order valence-electron chi connectivity index (χ0n) is 16.8. The number of carbonyl (C=O) groups is 1. The minimum absolute atomic E-state index is 0.00127. The Morgan fingerprint density at radius 3 is 2.45 bits per heavy atom. The number of carbonyl (C=O) groups excluding carboxylic acids is 1. The predicted octanol–water partition coefficient (Wildman–Crippen LogP) is 3.89. The van der Waals surface area contributed by atoms with E-state index < -0.39 is 34.5 Å². The molecule has 0 unspecified atom stereocenters. The molecule has 1 aromatic heterocycles. The lowest BCUT2D eigenvalue weighted by Crippen LogP contribution is -2.25. The highest BCUT2D eigenvalue weighted by Crippen LogP contribution is 2.21. The topological polar surface area (TPSA) is 97.4 Å². The van der Waals surface area contributed by atoms with Gasteiger partial charge in [0.2, 0.25) is 5.88 Å². The second-order valence-corrected chi connectivity index (χ2v) is 8.38. The van der Waals surface area contributed by atoms with Gasteiger partial charge in [0.05, 0.1) is 4.90 Å². The molecule has 0 aliphatic carbocycles. The number of halogens is 4. The van der Waals surface area contributed by atoms with E-state index in [2.05, 4.69) is 19.8 Å². The molecule has 0 saturated carbocycles. The molecule has 0 radical (unpaired) electrons. The maximum Gasteiger partial charge on any atom is 0.422 e. The maximum atomic E-state index is 13.0. The Balaban J connectivity index is 1.70. The van der Waals surface area contributed by atoms with Crippen molar-refractivity contribution in [3.05, 3.63) is 83.8 Å². The highest BCUT2D eigenvalue weighted by Gasteiger charge is 2.29. The van der Waals surface area contributed by atoms with Crippen LogP contribution in [0.2, 0.25) is 0 Å². The second kappa shape index (κ2) is 9.86. The van der Waals surface area contributed by atoms with Crippen LogP contribution in [0.1, 0.15) is 15.9 Å². The van der Waals surface area contributed by atoms with Crippen LogP contribution >= 0.6 is 0 Å². The Labute approximate surface area is 186 Å². The van der Waals surface area contributed by atoms with Gasteiger partial charge < -0.3 is 10.1 Å². The molecule has 2 N–H and O–H groups in total. The molecule has 0 aliphatic rings. The van der Waals surface area contributed by atoms with Gasteiger partial charge in [0, 0.05) is 29.6 Å². The van der Waals surface area contributed by atoms with Crippen LogP contribution in [0.5, 0.6) is 5.88 Å². The normalized spacial score (nSPS) is 11.6. The molecule has 174 valence electrons. The van der Waals surface area contributed by atoms with Gasteiger partial charge in [0.1, 0.15) is 5.82 Å². The zero-order chi connectivity index (χ0) is 24.1. The molecular formula is C21H17F4N3O4S. The molecule has 0 atom stereocenters. The smallest absolute Gasteiger partial charge is 0.422 e. The lowest BCUT2D eigenvalue weighted by Gasteiger charge is -2.13. The first kappa shape index (κ1) is 24.0. The van der Waals surface area contributed by atoms with Crippen molar-refractivity contribution >= 4 is 21.6 Å². The first-order valence-electron chi connectivity index (χ1n) is 9.33. The van der Waals surface area contributed by atoms with Gasteiger partial charge >= 0.3 is 6.18 Å². The lowest BCUT2D eigenvalue weighted by molar-refractivity contribution is -0.154. The van der Waals surface area contributed by atoms with Crippen molar-refractivity contribution < 1.29 is 35.5 Å². The first-order chi connectivity index (χ1) is 15.5. The molecule has 1 amide bonds. The second-order valence-electron chi connectivity index (χ2n) is 6.69. The Morgan fingerprint density at radius 1 is 1.03 bits per heavy atom. The van der Waals surface area contributed by atoms with Gasteiger partial charge in [-0.2, -0.15) is 13.2 Å². The van der Waals surface area contributed by atoms with Crippen LogP contribution in [0.15, 0.2) is 71.8 Å². The van der Waals surface area contributed by atoms with Crippen LogP contribution < -0.4 is 14.8 Å². The van der Waals surface area contributed by atoms with E-state index in [1.807, 2.05) is 0 Å². The molecule has 1 heterocycles. The monoisotopic (exact) mass is 483 g/mol. The number of amides is 1. The van der Waals surface area contributed by atoms with Crippen molar-refractivity contribution in [3.63, 3.8) is 0 Å². The third-order valence-corrected chi connectivity index (χ3v) is 5.54. The summed E-state index contributed by atoms with van der Waals surface area (Å²) < 4.78 is 82.3. The number of hydrogen-bond acceptors (Lipinski definition) is 5. The van der Waals surface area contributed by atoms with Crippen molar-refractivity contribution in [3.8, 4) is 5.88 Å². The number of hydrogen-bond donors (Lipinski definition) is 2. The summed E-state index contributed by atoms with van der Waals surface area (Å²) in [6.45, 7) is -1.74. The summed E-state index contributed by atoms with van der Waals surface area (Å²) in [4.78, 5) is 16.0. The van der Waals surface area contributed by atoms with E-state index in [1.54, 1.807) is 0 Å². The van der Waals surface area contributed by atoms with Crippen LogP contribution in [-0.4, -0.2) is 32.1 Å². The van der Waals surface area contributed by atoms with Crippen molar-refractivity contribution in [1.82, 2.24) is 10.3 Å².